The summed E-state index contributed by atoms with van der Waals surface area (Å²) in [6.45, 7) is 0.314. The molecule has 1 heterocycles. The average Bonchev–Trinajstić information content (AvgIpc) is 3.12. The summed E-state index contributed by atoms with van der Waals surface area (Å²) in [6.07, 6.45) is 1.85. The second kappa shape index (κ2) is 8.78. The molecule has 0 atom stereocenters. The minimum Gasteiger partial charge on any atom is -0.356 e. The van der Waals surface area contributed by atoms with E-state index in [1.807, 2.05) is 66.7 Å². The van der Waals surface area contributed by atoms with Gasteiger partial charge in [0, 0.05) is 24.6 Å². The normalized spacial score (nSPS) is 11.5. The Balaban J connectivity index is 1.43. The monoisotopic (exact) mass is 370 g/mol. The van der Waals surface area contributed by atoms with Crippen molar-refractivity contribution in [3.63, 3.8) is 0 Å². The van der Waals surface area contributed by atoms with Gasteiger partial charge in [0.05, 0.1) is 11.4 Å². The third kappa shape index (κ3) is 5.54. The number of rotatable bonds is 9. The Morgan fingerprint density at radius 2 is 1.62 bits per heavy atom. The first-order valence-corrected chi connectivity index (χ1v) is 10.3. The number of hydrogen-bond acceptors (Lipinski definition) is 4. The highest BCUT2D eigenvalue weighted by molar-refractivity contribution is 7.89. The standard InChI is InChI=1S/C20H22N2O3S/c23-26(24,15-7-10-17-8-3-1-4-9-17)21-14-13-19-16-20(25-22-19)18-11-5-2-6-12-18/h1-6,8-9,11-12,16,21H,7,10,13-15H2. The third-order valence-electron chi connectivity index (χ3n) is 4.04. The number of hydrogen-bond donors (Lipinski definition) is 1. The highest BCUT2D eigenvalue weighted by atomic mass is 32.2. The highest BCUT2D eigenvalue weighted by Crippen LogP contribution is 2.19. The molecule has 1 aromatic heterocycles. The van der Waals surface area contributed by atoms with Crippen LogP contribution in [0, 0.1) is 0 Å². The van der Waals surface area contributed by atoms with E-state index in [1.54, 1.807) is 0 Å². The Labute approximate surface area is 154 Å². The van der Waals surface area contributed by atoms with Crippen LogP contribution in [0.1, 0.15) is 17.7 Å². The number of sulfonamides is 1. The lowest BCUT2D eigenvalue weighted by atomic mass is 10.1. The Morgan fingerprint density at radius 3 is 2.35 bits per heavy atom. The molecular formula is C20H22N2O3S. The molecule has 0 spiro atoms. The van der Waals surface area contributed by atoms with Crippen LogP contribution in [0.2, 0.25) is 0 Å². The molecule has 0 radical (unpaired) electrons. The van der Waals surface area contributed by atoms with Gasteiger partial charge in [-0.05, 0) is 18.4 Å². The Kier molecular flexibility index (Phi) is 6.20. The summed E-state index contributed by atoms with van der Waals surface area (Å²) in [5, 5.41) is 4.00. The summed E-state index contributed by atoms with van der Waals surface area (Å²) in [5.74, 6) is 0.807. The molecule has 136 valence electrons. The van der Waals surface area contributed by atoms with Crippen molar-refractivity contribution in [2.45, 2.75) is 19.3 Å². The molecule has 0 fully saturated rings. The van der Waals surface area contributed by atoms with Gasteiger partial charge in [-0.3, -0.25) is 0 Å². The summed E-state index contributed by atoms with van der Waals surface area (Å²) in [5.41, 5.74) is 2.84. The quantitative estimate of drug-likeness (QED) is 0.626. The molecule has 0 aliphatic carbocycles. The van der Waals surface area contributed by atoms with Crippen LogP contribution in [0.25, 0.3) is 11.3 Å². The SMILES string of the molecule is O=S(=O)(CCCc1ccccc1)NCCc1cc(-c2ccccc2)on1. The molecule has 0 unspecified atom stereocenters. The van der Waals surface area contributed by atoms with Crippen molar-refractivity contribution in [2.24, 2.45) is 0 Å². The van der Waals surface area contributed by atoms with Crippen LogP contribution in [0.4, 0.5) is 0 Å². The van der Waals surface area contributed by atoms with Crippen LogP contribution in [-0.4, -0.2) is 25.9 Å². The van der Waals surface area contributed by atoms with Crippen LogP contribution in [0.5, 0.6) is 0 Å². The van der Waals surface area contributed by atoms with Gasteiger partial charge in [-0.2, -0.15) is 0 Å². The summed E-state index contributed by atoms with van der Waals surface area (Å²) in [6, 6.07) is 21.4. The van der Waals surface area contributed by atoms with Crippen molar-refractivity contribution >= 4 is 10.0 Å². The molecule has 6 heteroatoms. The van der Waals surface area contributed by atoms with Crippen molar-refractivity contribution in [3.05, 3.63) is 78.0 Å². The Hall–Kier alpha value is -2.44. The van der Waals surface area contributed by atoms with Gasteiger partial charge < -0.3 is 4.52 Å². The van der Waals surface area contributed by atoms with Crippen molar-refractivity contribution in [2.75, 3.05) is 12.3 Å². The maximum atomic E-state index is 12.1. The summed E-state index contributed by atoms with van der Waals surface area (Å²) in [7, 11) is -3.28. The molecule has 0 aliphatic heterocycles. The van der Waals surface area contributed by atoms with E-state index in [-0.39, 0.29) is 5.75 Å². The van der Waals surface area contributed by atoms with Crippen molar-refractivity contribution in [1.82, 2.24) is 9.88 Å². The Bertz CT molecular complexity index is 906. The molecule has 0 bridgehead atoms. The first-order valence-electron chi connectivity index (χ1n) is 8.65. The maximum absolute atomic E-state index is 12.1. The van der Waals surface area contributed by atoms with E-state index in [2.05, 4.69) is 9.88 Å². The predicted octanol–water partition coefficient (Wildman–Crippen LogP) is 3.44. The number of aromatic nitrogens is 1. The zero-order valence-electron chi connectivity index (χ0n) is 14.5. The molecule has 3 rings (SSSR count). The molecular weight excluding hydrogens is 348 g/mol. The molecule has 0 amide bonds. The zero-order valence-corrected chi connectivity index (χ0v) is 15.3. The summed E-state index contributed by atoms with van der Waals surface area (Å²) in [4.78, 5) is 0. The van der Waals surface area contributed by atoms with E-state index < -0.39 is 10.0 Å². The van der Waals surface area contributed by atoms with E-state index in [0.29, 0.717) is 25.1 Å². The van der Waals surface area contributed by atoms with E-state index in [4.69, 9.17) is 4.52 Å². The topological polar surface area (TPSA) is 72.2 Å². The van der Waals surface area contributed by atoms with Crippen molar-refractivity contribution in [1.29, 1.82) is 0 Å². The minimum absolute atomic E-state index is 0.121. The van der Waals surface area contributed by atoms with E-state index in [9.17, 15) is 8.42 Å². The number of nitrogens with zero attached hydrogens (tertiary/aromatic N) is 1. The van der Waals surface area contributed by atoms with Gasteiger partial charge in [-0.15, -0.1) is 0 Å². The van der Waals surface area contributed by atoms with Gasteiger partial charge in [-0.25, -0.2) is 13.1 Å². The number of benzene rings is 2. The van der Waals surface area contributed by atoms with Gasteiger partial charge in [0.15, 0.2) is 5.76 Å². The first kappa shape index (κ1) is 18.4. The highest BCUT2D eigenvalue weighted by Gasteiger charge is 2.11. The van der Waals surface area contributed by atoms with E-state index in [0.717, 1.165) is 23.2 Å². The minimum atomic E-state index is -3.28. The van der Waals surface area contributed by atoms with Crippen LogP contribution in [-0.2, 0) is 22.9 Å². The number of aryl methyl sites for hydroxylation is 1. The molecule has 5 nitrogen and oxygen atoms in total. The summed E-state index contributed by atoms with van der Waals surface area (Å²) < 4.78 is 32.1. The first-order chi connectivity index (χ1) is 12.6. The van der Waals surface area contributed by atoms with Gasteiger partial charge in [0.2, 0.25) is 10.0 Å². The molecule has 3 aromatic rings. The fourth-order valence-corrected chi connectivity index (χ4v) is 3.77. The van der Waals surface area contributed by atoms with Crippen LogP contribution < -0.4 is 4.72 Å². The van der Waals surface area contributed by atoms with Gasteiger partial charge in [0.25, 0.3) is 0 Å². The fraction of sp³-hybridized carbons (Fsp3) is 0.250. The van der Waals surface area contributed by atoms with Crippen LogP contribution in [0.15, 0.2) is 71.3 Å². The van der Waals surface area contributed by atoms with Crippen molar-refractivity contribution in [3.8, 4) is 11.3 Å². The Morgan fingerprint density at radius 1 is 0.923 bits per heavy atom. The zero-order chi connectivity index (χ0) is 18.2. The molecule has 0 saturated carbocycles. The second-order valence-corrected chi connectivity index (χ2v) is 8.03. The lowest BCUT2D eigenvalue weighted by molar-refractivity contribution is 0.423. The average molecular weight is 370 g/mol. The van der Waals surface area contributed by atoms with Crippen LogP contribution >= 0.6 is 0 Å². The molecule has 0 aliphatic rings. The number of nitrogens with one attached hydrogen (secondary N) is 1. The molecule has 2 aromatic carbocycles. The maximum Gasteiger partial charge on any atom is 0.211 e. The van der Waals surface area contributed by atoms with Gasteiger partial charge >= 0.3 is 0 Å². The fourth-order valence-electron chi connectivity index (χ4n) is 2.69. The lowest BCUT2D eigenvalue weighted by Crippen LogP contribution is -2.28. The van der Waals surface area contributed by atoms with E-state index >= 15 is 0 Å². The lowest BCUT2D eigenvalue weighted by Gasteiger charge is -2.05. The smallest absolute Gasteiger partial charge is 0.211 e. The second-order valence-electron chi connectivity index (χ2n) is 6.10. The van der Waals surface area contributed by atoms with Gasteiger partial charge in [0.1, 0.15) is 0 Å². The largest absolute Gasteiger partial charge is 0.356 e. The van der Waals surface area contributed by atoms with E-state index in [1.165, 1.54) is 0 Å². The summed E-state index contributed by atoms with van der Waals surface area (Å²) >= 11 is 0. The van der Waals surface area contributed by atoms with Gasteiger partial charge in [-0.1, -0.05) is 65.8 Å². The molecule has 1 N–H and O–H groups in total. The molecule has 0 saturated heterocycles. The van der Waals surface area contributed by atoms with Crippen molar-refractivity contribution < 1.29 is 12.9 Å². The molecule has 26 heavy (non-hydrogen) atoms. The van der Waals surface area contributed by atoms with Crippen LogP contribution in [0.3, 0.4) is 0 Å². The third-order valence-corrected chi connectivity index (χ3v) is 5.51. The predicted molar refractivity (Wildman–Crippen MR) is 102 cm³/mol.